The molecule has 1 fully saturated rings. The van der Waals surface area contributed by atoms with Crippen molar-refractivity contribution in [3.8, 4) is 0 Å². The Labute approximate surface area is 116 Å². The zero-order valence-corrected chi connectivity index (χ0v) is 11.3. The molecule has 1 aromatic carbocycles. The standard InChI is InChI=1S/C13H18N4O3/c1-8(9-3-2-4-9)15-13(18)11-7-10(16-14)5-6-12(11)17(19)20/h5-9,16H,2-4,14H2,1H3,(H,15,18). The van der Waals surface area contributed by atoms with Crippen LogP contribution >= 0.6 is 0 Å². The average Bonchev–Trinajstić information content (AvgIpc) is 2.35. The zero-order chi connectivity index (χ0) is 14.7. The van der Waals surface area contributed by atoms with Crippen LogP contribution in [0.15, 0.2) is 18.2 Å². The normalized spacial score (nSPS) is 16.1. The second-order valence-electron chi connectivity index (χ2n) is 5.09. The number of anilines is 1. The number of rotatable bonds is 5. The lowest BCUT2D eigenvalue weighted by Gasteiger charge is -2.31. The molecule has 1 unspecified atom stereocenters. The van der Waals surface area contributed by atoms with Gasteiger partial charge in [-0.25, -0.2) is 0 Å². The second-order valence-corrected chi connectivity index (χ2v) is 5.09. The van der Waals surface area contributed by atoms with Crippen molar-refractivity contribution < 1.29 is 9.72 Å². The Hall–Kier alpha value is -2.15. The van der Waals surface area contributed by atoms with Gasteiger partial charge in [-0.05, 0) is 37.8 Å². The lowest BCUT2D eigenvalue weighted by atomic mass is 9.80. The number of hydrogen-bond donors (Lipinski definition) is 3. The smallest absolute Gasteiger partial charge is 0.282 e. The van der Waals surface area contributed by atoms with Crippen molar-refractivity contribution in [2.45, 2.75) is 32.2 Å². The molecule has 7 nitrogen and oxygen atoms in total. The van der Waals surface area contributed by atoms with Gasteiger partial charge in [0.2, 0.25) is 0 Å². The van der Waals surface area contributed by atoms with Crippen LogP contribution in [0, 0.1) is 16.0 Å². The van der Waals surface area contributed by atoms with E-state index in [0.29, 0.717) is 11.6 Å². The zero-order valence-electron chi connectivity index (χ0n) is 11.3. The summed E-state index contributed by atoms with van der Waals surface area (Å²) in [4.78, 5) is 22.6. The summed E-state index contributed by atoms with van der Waals surface area (Å²) in [6, 6.07) is 4.15. The molecule has 1 saturated carbocycles. The molecule has 2 rings (SSSR count). The van der Waals surface area contributed by atoms with Crippen molar-refractivity contribution in [2.75, 3.05) is 5.43 Å². The second kappa shape index (κ2) is 5.87. The predicted molar refractivity (Wildman–Crippen MR) is 75.2 cm³/mol. The maximum absolute atomic E-state index is 12.2. The molecule has 7 heteroatoms. The number of nitro groups is 1. The summed E-state index contributed by atoms with van der Waals surface area (Å²) < 4.78 is 0. The molecule has 0 aliphatic heterocycles. The molecule has 0 spiro atoms. The minimum atomic E-state index is -0.566. The summed E-state index contributed by atoms with van der Waals surface area (Å²) >= 11 is 0. The van der Waals surface area contributed by atoms with Gasteiger partial charge in [0.1, 0.15) is 5.56 Å². The van der Waals surface area contributed by atoms with E-state index in [2.05, 4.69) is 10.7 Å². The third-order valence-corrected chi connectivity index (χ3v) is 3.82. The van der Waals surface area contributed by atoms with E-state index in [4.69, 9.17) is 5.84 Å². The SMILES string of the molecule is CC(NC(=O)c1cc(NN)ccc1[N+](=O)[O-])C1CCC1. The van der Waals surface area contributed by atoms with E-state index in [-0.39, 0.29) is 17.3 Å². The van der Waals surface area contributed by atoms with Gasteiger partial charge in [0.05, 0.1) is 4.92 Å². The van der Waals surface area contributed by atoms with Crippen LogP contribution in [0.2, 0.25) is 0 Å². The highest BCUT2D eigenvalue weighted by molar-refractivity contribution is 5.99. The van der Waals surface area contributed by atoms with Crippen LogP contribution < -0.4 is 16.6 Å². The van der Waals surface area contributed by atoms with E-state index in [1.165, 1.54) is 24.6 Å². The van der Waals surface area contributed by atoms with E-state index >= 15 is 0 Å². The lowest BCUT2D eigenvalue weighted by Crippen LogP contribution is -2.40. The first kappa shape index (κ1) is 14.3. The van der Waals surface area contributed by atoms with Crippen molar-refractivity contribution in [1.82, 2.24) is 5.32 Å². The molecule has 0 bridgehead atoms. The fourth-order valence-corrected chi connectivity index (χ4v) is 2.31. The van der Waals surface area contributed by atoms with Crippen LogP contribution in [-0.4, -0.2) is 16.9 Å². The Morgan fingerprint density at radius 1 is 1.50 bits per heavy atom. The number of nitrogens with two attached hydrogens (primary N) is 1. The first-order valence-corrected chi connectivity index (χ1v) is 6.59. The van der Waals surface area contributed by atoms with Gasteiger partial charge >= 0.3 is 0 Å². The first-order valence-electron chi connectivity index (χ1n) is 6.59. The maximum Gasteiger partial charge on any atom is 0.282 e. The van der Waals surface area contributed by atoms with E-state index in [1.54, 1.807) is 0 Å². The Morgan fingerprint density at radius 3 is 2.70 bits per heavy atom. The Kier molecular flexibility index (Phi) is 4.19. The summed E-state index contributed by atoms with van der Waals surface area (Å²) in [5.41, 5.74) is 2.64. The minimum Gasteiger partial charge on any atom is -0.349 e. The minimum absolute atomic E-state index is 0.0188. The van der Waals surface area contributed by atoms with E-state index in [1.807, 2.05) is 6.92 Å². The molecule has 1 amide bonds. The van der Waals surface area contributed by atoms with Gasteiger partial charge in [0.25, 0.3) is 11.6 Å². The molecule has 0 saturated heterocycles. The summed E-state index contributed by atoms with van der Waals surface area (Å²) in [5.74, 6) is 5.30. The van der Waals surface area contributed by atoms with Crippen molar-refractivity contribution in [3.05, 3.63) is 33.9 Å². The van der Waals surface area contributed by atoms with Crippen LogP contribution in [0.4, 0.5) is 11.4 Å². The van der Waals surface area contributed by atoms with Crippen LogP contribution in [0.25, 0.3) is 0 Å². The van der Waals surface area contributed by atoms with Gasteiger partial charge in [-0.2, -0.15) is 0 Å². The highest BCUT2D eigenvalue weighted by Gasteiger charge is 2.27. The fraction of sp³-hybridized carbons (Fsp3) is 0.462. The van der Waals surface area contributed by atoms with Gasteiger partial charge < -0.3 is 10.7 Å². The number of carbonyl (C=O) groups is 1. The van der Waals surface area contributed by atoms with Crippen molar-refractivity contribution >= 4 is 17.3 Å². The van der Waals surface area contributed by atoms with Gasteiger partial charge in [0, 0.05) is 17.8 Å². The lowest BCUT2D eigenvalue weighted by molar-refractivity contribution is -0.385. The third-order valence-electron chi connectivity index (χ3n) is 3.82. The molecule has 108 valence electrons. The average molecular weight is 278 g/mol. The Morgan fingerprint density at radius 2 is 2.20 bits per heavy atom. The van der Waals surface area contributed by atoms with Gasteiger partial charge in [0.15, 0.2) is 0 Å². The molecular weight excluding hydrogens is 260 g/mol. The number of benzene rings is 1. The number of nitrogens with zero attached hydrogens (tertiary/aromatic N) is 1. The quantitative estimate of drug-likeness (QED) is 0.432. The summed E-state index contributed by atoms with van der Waals surface area (Å²) in [6.45, 7) is 1.93. The third kappa shape index (κ3) is 2.88. The van der Waals surface area contributed by atoms with E-state index in [9.17, 15) is 14.9 Å². The molecule has 0 heterocycles. The van der Waals surface area contributed by atoms with E-state index < -0.39 is 10.8 Å². The Balaban J connectivity index is 2.20. The van der Waals surface area contributed by atoms with Gasteiger partial charge in [-0.3, -0.25) is 20.8 Å². The number of carbonyl (C=O) groups excluding carboxylic acids is 1. The molecule has 1 aromatic rings. The topological polar surface area (TPSA) is 110 Å². The predicted octanol–water partition coefficient (Wildman–Crippen LogP) is 1.80. The number of hydrogen-bond acceptors (Lipinski definition) is 5. The van der Waals surface area contributed by atoms with Crippen LogP contribution in [0.5, 0.6) is 0 Å². The monoisotopic (exact) mass is 278 g/mol. The largest absolute Gasteiger partial charge is 0.349 e. The van der Waals surface area contributed by atoms with E-state index in [0.717, 1.165) is 12.8 Å². The molecule has 0 aromatic heterocycles. The molecule has 20 heavy (non-hydrogen) atoms. The summed E-state index contributed by atoms with van der Waals surface area (Å²) in [7, 11) is 0. The molecule has 1 aliphatic carbocycles. The number of amides is 1. The van der Waals surface area contributed by atoms with Crippen LogP contribution in [0.1, 0.15) is 36.5 Å². The summed E-state index contributed by atoms with van der Waals surface area (Å²) in [6.07, 6.45) is 3.36. The molecule has 1 aliphatic rings. The molecular formula is C13H18N4O3. The first-order chi connectivity index (χ1) is 9.52. The number of nitrogen functional groups attached to an aromatic ring is 1. The van der Waals surface area contributed by atoms with Crippen LogP contribution in [-0.2, 0) is 0 Å². The van der Waals surface area contributed by atoms with Gasteiger partial charge in [-0.1, -0.05) is 6.42 Å². The van der Waals surface area contributed by atoms with Crippen molar-refractivity contribution in [1.29, 1.82) is 0 Å². The number of nitro benzene ring substituents is 1. The fourth-order valence-electron chi connectivity index (χ4n) is 2.31. The highest BCUT2D eigenvalue weighted by Crippen LogP contribution is 2.30. The van der Waals surface area contributed by atoms with Crippen molar-refractivity contribution in [3.63, 3.8) is 0 Å². The molecule has 4 N–H and O–H groups in total. The Bertz CT molecular complexity index is 528. The maximum atomic E-state index is 12.2. The number of hydrazine groups is 1. The van der Waals surface area contributed by atoms with Crippen LogP contribution in [0.3, 0.4) is 0 Å². The molecule has 0 radical (unpaired) electrons. The van der Waals surface area contributed by atoms with Crippen molar-refractivity contribution in [2.24, 2.45) is 11.8 Å². The molecule has 1 atom stereocenters. The summed E-state index contributed by atoms with van der Waals surface area (Å²) in [5, 5.41) is 13.8. The van der Waals surface area contributed by atoms with Gasteiger partial charge in [-0.15, -0.1) is 0 Å². The number of nitrogens with one attached hydrogen (secondary N) is 2. The highest BCUT2D eigenvalue weighted by atomic mass is 16.6.